The van der Waals surface area contributed by atoms with Gasteiger partial charge in [0, 0.05) is 30.1 Å². The van der Waals surface area contributed by atoms with Gasteiger partial charge in [-0.3, -0.25) is 28.8 Å². The van der Waals surface area contributed by atoms with Gasteiger partial charge >= 0.3 is 0 Å². The molecule has 0 saturated heterocycles. The molecule has 18 rings (SSSR count). The van der Waals surface area contributed by atoms with Crippen molar-refractivity contribution in [3.63, 3.8) is 0 Å². The molecule has 6 aromatic carbocycles. The molecule has 0 saturated carbocycles. The number of nitrogens with two attached hydrogens (primary N) is 6. The highest BCUT2D eigenvalue weighted by Gasteiger charge is 2.40. The van der Waals surface area contributed by atoms with Crippen LogP contribution in [0.4, 0.5) is 0 Å². The highest BCUT2D eigenvalue weighted by Crippen LogP contribution is 2.52. The summed E-state index contributed by atoms with van der Waals surface area (Å²) < 4.78 is 0. The Labute approximate surface area is 651 Å². The largest absolute Gasteiger partial charge is 0.369 e. The molecule has 12 aliphatic rings. The van der Waals surface area contributed by atoms with Crippen molar-refractivity contribution in [2.24, 2.45) is 69.9 Å². The molecule has 0 fully saturated rings. The van der Waals surface area contributed by atoms with Crippen molar-refractivity contribution in [1.82, 2.24) is 0 Å². The Balaban J connectivity index is 0.000000113. The van der Waals surface area contributed by atoms with Gasteiger partial charge in [-0.1, -0.05) is 99.9 Å². The van der Waals surface area contributed by atoms with Gasteiger partial charge in [-0.05, 0) is 392 Å². The summed E-state index contributed by atoms with van der Waals surface area (Å²) in [6, 6.07) is 28.6. The van der Waals surface area contributed by atoms with Crippen LogP contribution in [0.1, 0.15) is 205 Å². The summed E-state index contributed by atoms with van der Waals surface area (Å²) >= 11 is 36.8. The fourth-order valence-corrected chi connectivity index (χ4v) is 20.4. The normalized spacial score (nSPS) is 21.9. The summed E-state index contributed by atoms with van der Waals surface area (Å²) in [6.45, 7) is 8.14. The maximum atomic E-state index is 11.6. The highest BCUT2D eigenvalue weighted by molar-refractivity contribution is 6.33. The third-order valence-electron chi connectivity index (χ3n) is 24.4. The zero-order chi connectivity index (χ0) is 75.4. The Morgan fingerprint density at radius 2 is 0.509 bits per heavy atom. The lowest BCUT2D eigenvalue weighted by Crippen LogP contribution is -2.27. The molecule has 552 valence electrons. The van der Waals surface area contributed by atoms with E-state index in [0.717, 1.165) is 201 Å². The van der Waals surface area contributed by atoms with Crippen LogP contribution in [-0.2, 0) is 67.3 Å². The molecule has 0 spiro atoms. The minimum atomic E-state index is -0.184. The zero-order valence-electron chi connectivity index (χ0n) is 60.7. The van der Waals surface area contributed by atoms with Crippen molar-refractivity contribution in [2.45, 2.75) is 182 Å². The van der Waals surface area contributed by atoms with Gasteiger partial charge in [0.2, 0.25) is 35.4 Å². The molecule has 18 heteroatoms. The number of primary amides is 6. The second-order valence-corrected chi connectivity index (χ2v) is 33.3. The molecule has 0 aromatic heterocycles. The quantitative estimate of drug-likeness (QED) is 0.0944. The lowest BCUT2D eigenvalue weighted by Gasteiger charge is -2.22. The number of fused-ring (bicyclic) bond motifs is 12. The molecule has 6 aromatic rings. The number of rotatable bonds is 6. The number of allylic oxidation sites excluding steroid dienone is 6. The Morgan fingerprint density at radius 1 is 0.274 bits per heavy atom. The summed E-state index contributed by atoms with van der Waals surface area (Å²) in [6.07, 6.45) is 23.1. The second-order valence-electron chi connectivity index (χ2n) is 30.8. The molecule has 0 heterocycles. The Kier molecular flexibility index (Phi) is 23.0. The van der Waals surface area contributed by atoms with Gasteiger partial charge < -0.3 is 34.4 Å². The second kappa shape index (κ2) is 31.9. The van der Waals surface area contributed by atoms with Crippen LogP contribution in [0.2, 0.25) is 30.1 Å². The predicted octanol–water partition coefficient (Wildman–Crippen LogP) is 18.8. The smallest absolute Gasteiger partial charge is 0.224 e. The van der Waals surface area contributed by atoms with Crippen LogP contribution in [-0.4, -0.2) is 35.4 Å². The third-order valence-corrected chi connectivity index (χ3v) is 26.3. The molecule has 6 unspecified atom stereocenters. The number of aryl methyl sites for hydroxylation is 4. The van der Waals surface area contributed by atoms with Crippen LogP contribution in [0.25, 0.3) is 33.4 Å². The maximum Gasteiger partial charge on any atom is 0.224 e. The minimum Gasteiger partial charge on any atom is -0.369 e. The zero-order valence-corrected chi connectivity index (χ0v) is 65.2. The summed E-state index contributed by atoms with van der Waals surface area (Å²) in [5.74, 6) is -1.51. The van der Waals surface area contributed by atoms with E-state index in [2.05, 4.69) is 55.5 Å². The van der Waals surface area contributed by atoms with Crippen molar-refractivity contribution < 1.29 is 28.8 Å². The molecule has 6 amide bonds. The lowest BCUT2D eigenvalue weighted by atomic mass is 9.82. The van der Waals surface area contributed by atoms with Crippen LogP contribution >= 0.6 is 69.6 Å². The first-order valence-electron chi connectivity index (χ1n) is 37.5. The van der Waals surface area contributed by atoms with E-state index in [4.69, 9.17) is 104 Å². The lowest BCUT2D eigenvalue weighted by molar-refractivity contribution is -0.121. The van der Waals surface area contributed by atoms with Crippen molar-refractivity contribution in [1.29, 1.82) is 0 Å². The van der Waals surface area contributed by atoms with Gasteiger partial charge in [0.25, 0.3) is 0 Å². The number of hydrogen-bond donors (Lipinski definition) is 6. The van der Waals surface area contributed by atoms with E-state index >= 15 is 0 Å². The van der Waals surface area contributed by atoms with E-state index in [1.54, 1.807) is 0 Å². The van der Waals surface area contributed by atoms with Crippen LogP contribution in [0.5, 0.6) is 0 Å². The fraction of sp³-hybridized carbons (Fsp3) is 0.386. The predicted molar refractivity (Wildman–Crippen MR) is 431 cm³/mol. The first kappa shape index (κ1) is 76.5. The van der Waals surface area contributed by atoms with Crippen molar-refractivity contribution >= 4 is 138 Å². The first-order chi connectivity index (χ1) is 50.6. The van der Waals surface area contributed by atoms with E-state index in [-0.39, 0.29) is 71.0 Å². The Morgan fingerprint density at radius 3 is 0.783 bits per heavy atom. The van der Waals surface area contributed by atoms with E-state index in [1.807, 2.05) is 57.2 Å². The number of halogens is 6. The van der Waals surface area contributed by atoms with E-state index in [1.165, 1.54) is 139 Å². The summed E-state index contributed by atoms with van der Waals surface area (Å²) in [7, 11) is 0. The molecule has 0 bridgehead atoms. The molecule has 0 radical (unpaired) electrons. The van der Waals surface area contributed by atoms with Gasteiger partial charge in [-0.15, -0.1) is 0 Å². The van der Waals surface area contributed by atoms with Gasteiger partial charge in [-0.2, -0.15) is 0 Å². The van der Waals surface area contributed by atoms with Crippen LogP contribution < -0.4 is 34.4 Å². The van der Waals surface area contributed by atoms with Crippen molar-refractivity contribution in [3.8, 4) is 0 Å². The monoisotopic (exact) mass is 1540 g/mol. The maximum absolute atomic E-state index is 11.6. The van der Waals surface area contributed by atoms with E-state index in [0.29, 0.717) is 0 Å². The van der Waals surface area contributed by atoms with Crippen molar-refractivity contribution in [3.05, 3.63) is 238 Å². The average Bonchev–Trinajstić information content (AvgIpc) is 1.66. The Bertz CT molecular complexity index is 4590. The number of amides is 6. The van der Waals surface area contributed by atoms with Crippen LogP contribution in [0, 0.1) is 63.2 Å². The van der Waals surface area contributed by atoms with Gasteiger partial charge in [0.15, 0.2) is 0 Å². The van der Waals surface area contributed by atoms with Crippen molar-refractivity contribution in [2.75, 3.05) is 0 Å². The molecule has 12 nitrogen and oxygen atoms in total. The molecular formula is C88H92Cl6N6O6. The van der Waals surface area contributed by atoms with Crippen LogP contribution in [0.15, 0.2) is 118 Å². The number of benzene rings is 6. The van der Waals surface area contributed by atoms with Gasteiger partial charge in [-0.25, -0.2) is 0 Å². The fourth-order valence-electron chi connectivity index (χ4n) is 19.2. The highest BCUT2D eigenvalue weighted by atomic mass is 35.5. The third kappa shape index (κ3) is 15.4. The SMILES string of the molecule is Cc1cc(Cl)cc2c1CC1=C2CCCC1C(N)=O.Cc1cc2c(cc1Cl)C1=C(C2)C(C(N)=O)CCC1.Cc1cc2c(cc1Cl)C1=C(C2)C(C(N)=O)CCC1.Cc1cc2c(cc1Cl)C1=C(C2)C(C(N)=O)CCC1.NC(=O)C1CCCC2=C1Cc1ccc(Cl)cc12.NC(=O)C1CCCC2=C1Cc1ccc(Cl)cc12. The summed E-state index contributed by atoms with van der Waals surface area (Å²) in [5, 5.41) is 4.73. The molecule has 106 heavy (non-hydrogen) atoms. The molecular weight excluding hydrogens is 1450 g/mol. The molecule has 6 atom stereocenters. The summed E-state index contributed by atoms with van der Waals surface area (Å²) in [5.41, 5.74) is 68.2. The van der Waals surface area contributed by atoms with Crippen LogP contribution in [0.3, 0.4) is 0 Å². The first-order valence-corrected chi connectivity index (χ1v) is 39.7. The standard InChI is InChI=1S/4C15H16ClNO.2C14H14ClNO/c3*1-8-5-9-6-13-10(12(9)7-14(8)16)3-2-4-11(13)15(17)18;1-8-5-9(16)6-13-10-3-2-4-11(15(17)18)14(10)7-12(8)13;2*15-9-5-4-8-6-13-10(12(8)7-9)2-1-3-11(13)14(16)17/h3*5,7,11H,2-4,6H2,1H3,(H2,17,18);5-6,11H,2-4,7H2,1H3,(H2,17,18);2*4-5,7,11H,1-3,6H2,(H2,16,17). The van der Waals surface area contributed by atoms with E-state index < -0.39 is 0 Å². The topological polar surface area (TPSA) is 259 Å². The Hall–Kier alpha value is -7.68. The number of carbonyl (C=O) groups excluding carboxylic acids is 6. The average molecular weight is 1540 g/mol. The minimum absolute atomic E-state index is 0.0649. The molecule has 12 aliphatic carbocycles. The summed E-state index contributed by atoms with van der Waals surface area (Å²) in [4.78, 5) is 69.1. The number of carbonyl (C=O) groups is 6. The van der Waals surface area contributed by atoms with Gasteiger partial charge in [0.1, 0.15) is 0 Å². The molecule has 12 N–H and O–H groups in total. The number of hydrogen-bond acceptors (Lipinski definition) is 6. The van der Waals surface area contributed by atoms with Gasteiger partial charge in [0.05, 0.1) is 35.5 Å². The van der Waals surface area contributed by atoms with E-state index in [9.17, 15) is 28.8 Å². The molecule has 0 aliphatic heterocycles.